The zero-order chi connectivity index (χ0) is 21.3. The number of halogens is 1. The number of carbonyl (C=O) groups is 2. The SMILES string of the molecule is CCOc1cc(/C(O)=C2/C(=O)C(=O)N(C3CCCC3)C2c2ccccn2)ccc1Cl. The molecule has 1 saturated heterocycles. The van der Waals surface area contributed by atoms with Crippen molar-refractivity contribution >= 4 is 29.1 Å². The maximum atomic E-state index is 13.1. The van der Waals surface area contributed by atoms with Crippen LogP contribution in [0.25, 0.3) is 5.76 Å². The third kappa shape index (κ3) is 3.56. The molecule has 1 aromatic carbocycles. The number of aliphatic hydroxyl groups excluding tert-OH is 1. The zero-order valence-corrected chi connectivity index (χ0v) is 17.4. The van der Waals surface area contributed by atoms with Crippen LogP contribution in [-0.4, -0.2) is 39.3 Å². The van der Waals surface area contributed by atoms with Crippen LogP contribution in [-0.2, 0) is 9.59 Å². The first-order valence-corrected chi connectivity index (χ1v) is 10.5. The van der Waals surface area contributed by atoms with Crippen molar-refractivity contribution in [1.82, 2.24) is 9.88 Å². The molecule has 156 valence electrons. The lowest BCUT2D eigenvalue weighted by Crippen LogP contribution is -2.37. The molecule has 0 spiro atoms. The van der Waals surface area contributed by atoms with Gasteiger partial charge in [-0.2, -0.15) is 0 Å². The van der Waals surface area contributed by atoms with Gasteiger partial charge in [0.05, 0.1) is 22.9 Å². The van der Waals surface area contributed by atoms with Gasteiger partial charge in [-0.3, -0.25) is 14.6 Å². The average molecular weight is 427 g/mol. The molecule has 7 heteroatoms. The van der Waals surface area contributed by atoms with Crippen molar-refractivity contribution in [1.29, 1.82) is 0 Å². The van der Waals surface area contributed by atoms with Crippen LogP contribution in [0.15, 0.2) is 48.2 Å². The zero-order valence-electron chi connectivity index (χ0n) is 16.7. The number of aromatic nitrogens is 1. The highest BCUT2D eigenvalue weighted by Crippen LogP contribution is 2.43. The molecule has 1 amide bonds. The van der Waals surface area contributed by atoms with Crippen molar-refractivity contribution in [2.45, 2.75) is 44.7 Å². The van der Waals surface area contributed by atoms with Gasteiger partial charge in [0.15, 0.2) is 0 Å². The summed E-state index contributed by atoms with van der Waals surface area (Å²) in [7, 11) is 0. The number of pyridine rings is 1. The van der Waals surface area contributed by atoms with Gasteiger partial charge in [-0.15, -0.1) is 0 Å². The molecule has 30 heavy (non-hydrogen) atoms. The summed E-state index contributed by atoms with van der Waals surface area (Å²) in [6, 6.07) is 9.40. The topological polar surface area (TPSA) is 79.7 Å². The van der Waals surface area contributed by atoms with Crippen LogP contribution in [0.1, 0.15) is 49.9 Å². The second-order valence-electron chi connectivity index (χ2n) is 7.48. The fourth-order valence-corrected chi connectivity index (χ4v) is 4.48. The number of ether oxygens (including phenoxy) is 1. The number of rotatable bonds is 5. The Balaban J connectivity index is 1.86. The lowest BCUT2D eigenvalue weighted by molar-refractivity contribution is -0.141. The van der Waals surface area contributed by atoms with Crippen molar-refractivity contribution in [3.63, 3.8) is 0 Å². The minimum absolute atomic E-state index is 0.0389. The average Bonchev–Trinajstić information content (AvgIpc) is 3.37. The van der Waals surface area contributed by atoms with Gasteiger partial charge in [0.1, 0.15) is 17.6 Å². The molecule has 1 atom stereocenters. The van der Waals surface area contributed by atoms with E-state index in [1.165, 1.54) is 0 Å². The summed E-state index contributed by atoms with van der Waals surface area (Å²) in [4.78, 5) is 32.1. The lowest BCUT2D eigenvalue weighted by atomic mass is 9.97. The van der Waals surface area contributed by atoms with Crippen LogP contribution < -0.4 is 4.74 Å². The van der Waals surface area contributed by atoms with E-state index in [1.807, 2.05) is 13.0 Å². The van der Waals surface area contributed by atoms with Gasteiger partial charge >= 0.3 is 0 Å². The summed E-state index contributed by atoms with van der Waals surface area (Å²) < 4.78 is 5.51. The second kappa shape index (κ2) is 8.48. The maximum Gasteiger partial charge on any atom is 0.295 e. The van der Waals surface area contributed by atoms with Gasteiger partial charge in [-0.05, 0) is 50.1 Å². The molecule has 2 fully saturated rings. The molecule has 1 N–H and O–H groups in total. The highest BCUT2D eigenvalue weighted by atomic mass is 35.5. The van der Waals surface area contributed by atoms with E-state index in [9.17, 15) is 14.7 Å². The summed E-state index contributed by atoms with van der Waals surface area (Å²) in [5, 5.41) is 11.5. The first-order valence-electron chi connectivity index (χ1n) is 10.2. The molecule has 1 saturated carbocycles. The van der Waals surface area contributed by atoms with Gasteiger partial charge in [-0.1, -0.05) is 30.5 Å². The summed E-state index contributed by atoms with van der Waals surface area (Å²) >= 11 is 6.16. The third-order valence-electron chi connectivity index (χ3n) is 5.67. The number of amides is 1. The Kier molecular flexibility index (Phi) is 5.77. The van der Waals surface area contributed by atoms with Crippen LogP contribution in [0.3, 0.4) is 0 Å². The van der Waals surface area contributed by atoms with Crippen LogP contribution in [0.4, 0.5) is 0 Å². The molecule has 2 heterocycles. The monoisotopic (exact) mass is 426 g/mol. The minimum atomic E-state index is -0.722. The normalized spacial score (nSPS) is 21.4. The molecule has 0 bridgehead atoms. The molecular weight excluding hydrogens is 404 g/mol. The molecule has 6 nitrogen and oxygen atoms in total. The summed E-state index contributed by atoms with van der Waals surface area (Å²) in [5.74, 6) is -1.12. The Hall–Kier alpha value is -2.86. The molecular formula is C23H23ClN2O4. The summed E-state index contributed by atoms with van der Waals surface area (Å²) in [6.07, 6.45) is 5.33. The number of aliphatic hydroxyl groups is 1. The molecule has 4 rings (SSSR count). The Labute approximate surface area is 180 Å². The van der Waals surface area contributed by atoms with E-state index < -0.39 is 17.7 Å². The van der Waals surface area contributed by atoms with Crippen molar-refractivity contribution < 1.29 is 19.4 Å². The van der Waals surface area contributed by atoms with Crippen molar-refractivity contribution in [3.05, 3.63) is 64.4 Å². The largest absolute Gasteiger partial charge is 0.507 e. The molecule has 2 aliphatic rings. The van der Waals surface area contributed by atoms with Crippen molar-refractivity contribution in [3.8, 4) is 5.75 Å². The van der Waals surface area contributed by atoms with Crippen LogP contribution in [0, 0.1) is 0 Å². The van der Waals surface area contributed by atoms with Gasteiger partial charge in [0, 0.05) is 17.8 Å². The number of ketones is 1. The second-order valence-corrected chi connectivity index (χ2v) is 7.88. The summed E-state index contributed by atoms with van der Waals surface area (Å²) in [6.45, 7) is 2.24. The highest BCUT2D eigenvalue weighted by molar-refractivity contribution is 6.46. The van der Waals surface area contributed by atoms with E-state index in [4.69, 9.17) is 16.3 Å². The minimum Gasteiger partial charge on any atom is -0.507 e. The molecule has 1 aliphatic heterocycles. The quantitative estimate of drug-likeness (QED) is 0.432. The molecule has 1 aliphatic carbocycles. The van der Waals surface area contributed by atoms with Gasteiger partial charge in [0.2, 0.25) is 0 Å². The standard InChI is InChI=1S/C23H23ClN2O4/c1-2-30-18-13-14(10-11-16(18)24)21(27)19-20(17-9-5-6-12-25-17)26(23(29)22(19)28)15-7-3-4-8-15/h5-6,9-13,15,20,27H,2-4,7-8H2,1H3/b21-19-. The molecule has 0 radical (unpaired) electrons. The number of likely N-dealkylation sites (tertiary alicyclic amines) is 1. The van der Waals surface area contributed by atoms with Crippen LogP contribution in [0.2, 0.25) is 5.02 Å². The van der Waals surface area contributed by atoms with E-state index in [1.54, 1.807) is 41.4 Å². The van der Waals surface area contributed by atoms with E-state index >= 15 is 0 Å². The van der Waals surface area contributed by atoms with Gasteiger partial charge in [-0.25, -0.2) is 0 Å². The van der Waals surface area contributed by atoms with E-state index in [2.05, 4.69) is 4.98 Å². The Morgan fingerprint density at radius 2 is 2.00 bits per heavy atom. The molecule has 1 aromatic heterocycles. The predicted octanol–water partition coefficient (Wildman–Crippen LogP) is 4.50. The first kappa shape index (κ1) is 20.4. The fourth-order valence-electron chi connectivity index (χ4n) is 4.31. The fraction of sp³-hybridized carbons (Fsp3) is 0.348. The Bertz CT molecular complexity index is 1000. The number of Topliss-reactive ketones (excluding diaryl/α,β-unsaturated/α-hetero) is 1. The van der Waals surface area contributed by atoms with Crippen molar-refractivity contribution in [2.24, 2.45) is 0 Å². The Morgan fingerprint density at radius 3 is 2.67 bits per heavy atom. The van der Waals surface area contributed by atoms with Crippen molar-refractivity contribution in [2.75, 3.05) is 6.61 Å². The van der Waals surface area contributed by atoms with Gasteiger partial charge < -0.3 is 14.7 Å². The van der Waals surface area contributed by atoms with E-state index in [-0.39, 0.29) is 17.4 Å². The highest BCUT2D eigenvalue weighted by Gasteiger charge is 2.49. The van der Waals surface area contributed by atoms with Crippen LogP contribution >= 0.6 is 11.6 Å². The predicted molar refractivity (Wildman–Crippen MR) is 113 cm³/mol. The maximum absolute atomic E-state index is 13.1. The molecule has 1 unspecified atom stereocenters. The van der Waals surface area contributed by atoms with E-state index in [0.29, 0.717) is 28.6 Å². The summed E-state index contributed by atoms with van der Waals surface area (Å²) in [5.41, 5.74) is 0.979. The number of hydrogen-bond acceptors (Lipinski definition) is 5. The number of hydrogen-bond donors (Lipinski definition) is 1. The lowest BCUT2D eigenvalue weighted by Gasteiger charge is -2.30. The van der Waals surface area contributed by atoms with Gasteiger partial charge in [0.25, 0.3) is 11.7 Å². The van der Waals surface area contributed by atoms with Crippen LogP contribution in [0.5, 0.6) is 5.75 Å². The number of nitrogens with zero attached hydrogens (tertiary/aromatic N) is 2. The molecule has 2 aromatic rings. The smallest absolute Gasteiger partial charge is 0.295 e. The number of carbonyl (C=O) groups excluding carboxylic acids is 2. The van der Waals surface area contributed by atoms with E-state index in [0.717, 1.165) is 25.7 Å². The Morgan fingerprint density at radius 1 is 1.23 bits per heavy atom. The number of benzene rings is 1. The third-order valence-corrected chi connectivity index (χ3v) is 5.98. The first-order chi connectivity index (χ1) is 14.5.